The zero-order valence-corrected chi connectivity index (χ0v) is 36.2. The van der Waals surface area contributed by atoms with E-state index < -0.39 is 18.0 Å². The van der Waals surface area contributed by atoms with E-state index in [4.69, 9.17) is 33.5 Å². The summed E-state index contributed by atoms with van der Waals surface area (Å²) >= 11 is 0. The molecular formula is C48H50FN7O9. The Labute approximate surface area is 374 Å². The molecule has 3 fully saturated rings. The predicted octanol–water partition coefficient (Wildman–Crippen LogP) is 7.04. The van der Waals surface area contributed by atoms with E-state index in [2.05, 4.69) is 20.3 Å². The molecule has 0 bridgehead atoms. The summed E-state index contributed by atoms with van der Waals surface area (Å²) in [4.78, 5) is 56.2. The fraction of sp³-hybridized carbons (Fsp3) is 0.417. The molecule has 338 valence electrons. The number of rotatable bonds is 13. The number of aromatic amines is 1. The molecule has 5 aliphatic rings. The number of methoxy groups -OCH3 is 2. The van der Waals surface area contributed by atoms with Crippen molar-refractivity contribution in [3.63, 3.8) is 0 Å². The van der Waals surface area contributed by atoms with Gasteiger partial charge in [-0.25, -0.2) is 24.2 Å². The highest BCUT2D eigenvalue weighted by atomic mass is 19.1. The third-order valence-electron chi connectivity index (χ3n) is 13.2. The highest BCUT2D eigenvalue weighted by molar-refractivity contribution is 6.07. The van der Waals surface area contributed by atoms with Crippen molar-refractivity contribution in [2.45, 2.75) is 69.9 Å². The molecule has 0 unspecified atom stereocenters. The Morgan fingerprint density at radius 1 is 0.892 bits per heavy atom. The minimum absolute atomic E-state index is 0.00215. The van der Waals surface area contributed by atoms with Crippen LogP contribution in [0.5, 0.6) is 34.5 Å². The lowest BCUT2D eigenvalue weighted by Crippen LogP contribution is -2.56. The average Bonchev–Trinajstić information content (AvgIpc) is 3.89. The Morgan fingerprint density at radius 3 is 2.43 bits per heavy atom. The molecule has 3 amide bonds. The Bertz CT molecular complexity index is 2640. The van der Waals surface area contributed by atoms with E-state index in [1.165, 1.54) is 24.7 Å². The number of hydrazone groups is 1. The van der Waals surface area contributed by atoms with Crippen LogP contribution in [0.3, 0.4) is 0 Å². The van der Waals surface area contributed by atoms with Crippen LogP contribution in [0.15, 0.2) is 72.2 Å². The lowest BCUT2D eigenvalue weighted by Gasteiger charge is -2.43. The highest BCUT2D eigenvalue weighted by Gasteiger charge is 2.44. The molecule has 3 atom stereocenters. The molecule has 3 aliphatic heterocycles. The molecule has 0 spiro atoms. The molecule has 2 aliphatic carbocycles. The SMILES string of the molecule is COc1ccc(C2=NN(C3CCN(C(=O)[C@H](Cc4ccc(F)cc4)NC(=O)Oc4c[nH]c5c(-c6c(OCC7CC7)ccc7c6OCO7)ncnc45)CC3)C(=O)[C@@H]3CCCC[C@H]23)cc1OC. The molecule has 0 radical (unpaired) electrons. The van der Waals surface area contributed by atoms with Gasteiger partial charge in [0.15, 0.2) is 28.7 Å². The van der Waals surface area contributed by atoms with Crippen LogP contribution in [0, 0.1) is 23.6 Å². The van der Waals surface area contributed by atoms with Gasteiger partial charge in [0.25, 0.3) is 0 Å². The number of carbonyl (C=O) groups excluding carboxylic acids is 3. The monoisotopic (exact) mass is 887 g/mol. The maximum absolute atomic E-state index is 14.4. The number of ether oxygens (including phenoxy) is 6. The van der Waals surface area contributed by atoms with E-state index in [1.807, 2.05) is 24.3 Å². The standard InChI is InChI=1S/C48H50FN7O9/c1-60-35-14-11-29(22-38(35)61-2)41-32-5-3-4-6-33(32)46(57)56(54-41)31-17-19-55(20-18-31)47(58)34(21-27-9-12-30(49)13-10-27)53-48(59)65-39-23-50-44-42(39)51-25-52-43(44)40-36(62-24-28-7-8-28)15-16-37-45(40)64-26-63-37/h9-16,22-23,25,28,31-34,50H,3-8,17-21,24,26H2,1-2H3,(H,53,59)/t32-,33+,34-/m0/s1. The Balaban J connectivity index is 0.863. The fourth-order valence-corrected chi connectivity index (χ4v) is 9.54. The first-order chi connectivity index (χ1) is 31.8. The van der Waals surface area contributed by atoms with Gasteiger partial charge in [-0.1, -0.05) is 25.0 Å². The molecule has 65 heavy (non-hydrogen) atoms. The third kappa shape index (κ3) is 8.46. The van der Waals surface area contributed by atoms with Gasteiger partial charge in [0, 0.05) is 43.1 Å². The summed E-state index contributed by atoms with van der Waals surface area (Å²) in [5.74, 6) is 2.53. The Kier molecular flexibility index (Phi) is 11.6. The third-order valence-corrected chi connectivity index (χ3v) is 13.2. The van der Waals surface area contributed by atoms with Gasteiger partial charge in [-0.15, -0.1) is 0 Å². The summed E-state index contributed by atoms with van der Waals surface area (Å²) in [5, 5.41) is 9.52. The molecule has 2 N–H and O–H groups in total. The first kappa shape index (κ1) is 42.1. The summed E-state index contributed by atoms with van der Waals surface area (Å²) in [7, 11) is 3.19. The minimum Gasteiger partial charge on any atom is -0.493 e. The van der Waals surface area contributed by atoms with Crippen molar-refractivity contribution in [3.05, 3.63) is 84.1 Å². The van der Waals surface area contributed by atoms with Crippen LogP contribution in [-0.4, -0.2) is 101 Å². The number of likely N-dealkylation sites (tertiary alicyclic amines) is 1. The van der Waals surface area contributed by atoms with Crippen molar-refractivity contribution >= 4 is 34.7 Å². The van der Waals surface area contributed by atoms with Crippen molar-refractivity contribution < 1.29 is 47.2 Å². The lowest BCUT2D eigenvalue weighted by atomic mass is 9.73. The van der Waals surface area contributed by atoms with E-state index in [1.54, 1.807) is 42.3 Å². The highest BCUT2D eigenvalue weighted by Crippen LogP contribution is 2.49. The smallest absolute Gasteiger partial charge is 0.413 e. The van der Waals surface area contributed by atoms with E-state index in [9.17, 15) is 18.8 Å². The molecule has 5 aromatic rings. The molecule has 16 nitrogen and oxygen atoms in total. The number of hydrogen-bond acceptors (Lipinski definition) is 12. The Morgan fingerprint density at radius 2 is 1.66 bits per heavy atom. The quantitative estimate of drug-likeness (QED) is 0.124. The van der Waals surface area contributed by atoms with Crippen molar-refractivity contribution in [2.75, 3.05) is 40.7 Å². The number of fused-ring (bicyclic) bond motifs is 3. The van der Waals surface area contributed by atoms with Crippen LogP contribution in [0.4, 0.5) is 9.18 Å². The van der Waals surface area contributed by atoms with Crippen molar-refractivity contribution in [1.29, 1.82) is 0 Å². The van der Waals surface area contributed by atoms with Gasteiger partial charge in [-0.2, -0.15) is 5.10 Å². The van der Waals surface area contributed by atoms with E-state index in [-0.39, 0.29) is 48.7 Å². The second-order valence-electron chi connectivity index (χ2n) is 17.2. The van der Waals surface area contributed by atoms with Crippen LogP contribution in [0.2, 0.25) is 0 Å². The molecular weight excluding hydrogens is 838 g/mol. The summed E-state index contributed by atoms with van der Waals surface area (Å²) < 4.78 is 48.7. The van der Waals surface area contributed by atoms with Gasteiger partial charge in [0.2, 0.25) is 18.6 Å². The number of nitrogens with zero attached hydrogens (tertiary/aromatic N) is 5. The van der Waals surface area contributed by atoms with Gasteiger partial charge in [-0.05, 0) is 92.5 Å². The summed E-state index contributed by atoms with van der Waals surface area (Å²) in [6.45, 7) is 1.26. The largest absolute Gasteiger partial charge is 0.493 e. The van der Waals surface area contributed by atoms with E-state index in [0.29, 0.717) is 95.1 Å². The van der Waals surface area contributed by atoms with Gasteiger partial charge in [-0.3, -0.25) is 9.59 Å². The number of hydrogen-bond donors (Lipinski definition) is 2. The number of carbonyl (C=O) groups is 3. The van der Waals surface area contributed by atoms with Crippen LogP contribution >= 0.6 is 0 Å². The number of halogens is 1. The second kappa shape index (κ2) is 17.9. The molecule has 2 saturated carbocycles. The van der Waals surface area contributed by atoms with Gasteiger partial charge < -0.3 is 43.6 Å². The summed E-state index contributed by atoms with van der Waals surface area (Å²) in [5.41, 5.74) is 4.25. The van der Waals surface area contributed by atoms with Crippen molar-refractivity contribution in [2.24, 2.45) is 22.9 Å². The number of piperidine rings is 1. The zero-order valence-electron chi connectivity index (χ0n) is 36.2. The first-order valence-electron chi connectivity index (χ1n) is 22.3. The summed E-state index contributed by atoms with van der Waals surface area (Å²) in [6, 6.07) is 13.9. The first-order valence-corrected chi connectivity index (χ1v) is 22.3. The van der Waals surface area contributed by atoms with Crippen LogP contribution in [0.25, 0.3) is 22.3 Å². The molecule has 2 aromatic heterocycles. The number of amides is 3. The number of benzene rings is 3. The molecule has 5 heterocycles. The van der Waals surface area contributed by atoms with E-state index in [0.717, 1.165) is 49.8 Å². The zero-order chi connectivity index (χ0) is 44.6. The molecule has 17 heteroatoms. The van der Waals surface area contributed by atoms with Gasteiger partial charge in [0.1, 0.15) is 35.1 Å². The van der Waals surface area contributed by atoms with Crippen LogP contribution in [0.1, 0.15) is 62.5 Å². The Hall–Kier alpha value is -6.91. The van der Waals surface area contributed by atoms with Gasteiger partial charge in [0.05, 0.1) is 43.7 Å². The average molecular weight is 888 g/mol. The maximum atomic E-state index is 14.4. The van der Waals surface area contributed by atoms with Crippen LogP contribution < -0.4 is 33.7 Å². The van der Waals surface area contributed by atoms with Gasteiger partial charge >= 0.3 is 6.09 Å². The molecule has 10 rings (SSSR count). The number of nitrogens with one attached hydrogen (secondary N) is 2. The van der Waals surface area contributed by atoms with Crippen molar-refractivity contribution in [3.8, 4) is 45.8 Å². The fourth-order valence-electron chi connectivity index (χ4n) is 9.54. The predicted molar refractivity (Wildman–Crippen MR) is 235 cm³/mol. The lowest BCUT2D eigenvalue weighted by molar-refractivity contribution is -0.143. The summed E-state index contributed by atoms with van der Waals surface area (Å²) in [6.07, 6.45) is 8.94. The molecule has 3 aromatic carbocycles. The second-order valence-corrected chi connectivity index (χ2v) is 17.2. The minimum atomic E-state index is -1.07. The van der Waals surface area contributed by atoms with E-state index >= 15 is 0 Å². The number of aromatic nitrogens is 3. The molecule has 1 saturated heterocycles. The van der Waals surface area contributed by atoms with Crippen LogP contribution in [-0.2, 0) is 16.0 Å². The normalized spacial score (nSPS) is 19.9. The topological polar surface area (TPSA) is 179 Å². The number of H-pyrrole nitrogens is 1. The van der Waals surface area contributed by atoms with Crippen molar-refractivity contribution in [1.82, 2.24) is 30.2 Å². The maximum Gasteiger partial charge on any atom is 0.413 e.